The molecule has 0 amide bonds. The van der Waals surface area contributed by atoms with Gasteiger partial charge in [0.25, 0.3) is 0 Å². The molecule has 0 rings (SSSR count). The molecule has 0 fully saturated rings. The summed E-state index contributed by atoms with van der Waals surface area (Å²) in [4.78, 5) is 0. The third kappa shape index (κ3) is 1.81. The van der Waals surface area contributed by atoms with Gasteiger partial charge in [0.05, 0.1) is 0 Å². The SMILES string of the molecule is F/C=C(\F)CF. The number of halogens is 3. The maximum Gasteiger partial charge on any atom is 0.159 e. The number of rotatable bonds is 1. The molecule has 0 saturated heterocycles. The monoisotopic (exact) mass is 96.0 g/mol. The molecular weight excluding hydrogens is 93.0 g/mol. The summed E-state index contributed by atoms with van der Waals surface area (Å²) in [5.74, 6) is -1.37. The van der Waals surface area contributed by atoms with Gasteiger partial charge in [-0.1, -0.05) is 0 Å². The van der Waals surface area contributed by atoms with E-state index in [-0.39, 0.29) is 0 Å². The Hall–Kier alpha value is -0.470. The molecule has 0 aliphatic carbocycles. The second-order valence-electron chi connectivity index (χ2n) is 0.690. The van der Waals surface area contributed by atoms with Crippen LogP contribution in [0.15, 0.2) is 12.2 Å². The van der Waals surface area contributed by atoms with Gasteiger partial charge in [-0.15, -0.1) is 0 Å². The average Bonchev–Trinajstić information content (AvgIpc) is 1.65. The van der Waals surface area contributed by atoms with Crippen molar-refractivity contribution in [2.75, 3.05) is 6.67 Å². The van der Waals surface area contributed by atoms with Crippen molar-refractivity contribution in [2.24, 2.45) is 0 Å². The summed E-state index contributed by atoms with van der Waals surface area (Å²) in [6.07, 6.45) is -0.403. The molecule has 36 valence electrons. The summed E-state index contributed by atoms with van der Waals surface area (Å²) in [5.41, 5.74) is 0. The summed E-state index contributed by atoms with van der Waals surface area (Å²) in [6, 6.07) is 0. The molecule has 0 bridgehead atoms. The molecule has 0 N–H and O–H groups in total. The lowest BCUT2D eigenvalue weighted by Gasteiger charge is -1.74. The molecule has 0 aliphatic heterocycles. The van der Waals surface area contributed by atoms with E-state index in [0.717, 1.165) is 0 Å². The lowest BCUT2D eigenvalue weighted by molar-refractivity contribution is 0.444. The quantitative estimate of drug-likeness (QED) is 0.466. The fourth-order valence-corrected chi connectivity index (χ4v) is 0.0292. The van der Waals surface area contributed by atoms with E-state index < -0.39 is 18.8 Å². The molecule has 0 radical (unpaired) electrons. The fraction of sp³-hybridized carbons (Fsp3) is 0.333. The Morgan fingerprint density at radius 1 is 1.67 bits per heavy atom. The van der Waals surface area contributed by atoms with Crippen LogP contribution in [0.5, 0.6) is 0 Å². The third-order valence-electron chi connectivity index (χ3n) is 0.246. The molecule has 0 nitrogen and oxygen atoms in total. The van der Waals surface area contributed by atoms with Gasteiger partial charge >= 0.3 is 0 Å². The molecule has 3 heteroatoms. The molecule has 0 saturated carbocycles. The van der Waals surface area contributed by atoms with Crippen molar-refractivity contribution >= 4 is 0 Å². The fourth-order valence-electron chi connectivity index (χ4n) is 0.0292. The zero-order valence-corrected chi connectivity index (χ0v) is 2.92. The van der Waals surface area contributed by atoms with Crippen molar-refractivity contribution in [2.45, 2.75) is 0 Å². The third-order valence-corrected chi connectivity index (χ3v) is 0.246. The van der Waals surface area contributed by atoms with Crippen LogP contribution >= 0.6 is 0 Å². The lowest BCUT2D eigenvalue weighted by Crippen LogP contribution is -1.68. The first kappa shape index (κ1) is 5.53. The van der Waals surface area contributed by atoms with Gasteiger partial charge in [0, 0.05) is 0 Å². The van der Waals surface area contributed by atoms with Crippen molar-refractivity contribution in [1.82, 2.24) is 0 Å². The van der Waals surface area contributed by atoms with Gasteiger partial charge < -0.3 is 0 Å². The van der Waals surface area contributed by atoms with Gasteiger partial charge in [0.1, 0.15) is 13.0 Å². The number of hydrogen-bond acceptors (Lipinski definition) is 0. The summed E-state index contributed by atoms with van der Waals surface area (Å²) >= 11 is 0. The van der Waals surface area contributed by atoms with Crippen LogP contribution in [-0.2, 0) is 0 Å². The molecule has 0 unspecified atom stereocenters. The van der Waals surface area contributed by atoms with Gasteiger partial charge in [0.15, 0.2) is 5.83 Å². The first-order valence-corrected chi connectivity index (χ1v) is 1.32. The molecule has 6 heavy (non-hydrogen) atoms. The minimum atomic E-state index is -1.37. The molecule has 0 aromatic rings. The Kier molecular flexibility index (Phi) is 2.54. The molecule has 0 atom stereocenters. The van der Waals surface area contributed by atoms with Gasteiger partial charge in [-0.25, -0.2) is 13.2 Å². The number of allylic oxidation sites excluding steroid dienone is 1. The Bertz CT molecular complexity index is 57.1. The second-order valence-corrected chi connectivity index (χ2v) is 0.690. The molecule has 0 aliphatic rings. The molecule has 0 heterocycles. The van der Waals surface area contributed by atoms with E-state index in [2.05, 4.69) is 0 Å². The van der Waals surface area contributed by atoms with Crippen molar-refractivity contribution in [1.29, 1.82) is 0 Å². The normalized spacial score (nSPS) is 12.2. The van der Waals surface area contributed by atoms with Gasteiger partial charge in [0.2, 0.25) is 0 Å². The smallest absolute Gasteiger partial charge is 0.159 e. The second kappa shape index (κ2) is 2.75. The number of hydrogen-bond donors (Lipinski definition) is 0. The zero-order chi connectivity index (χ0) is 4.99. The average molecular weight is 96.1 g/mol. The van der Waals surface area contributed by atoms with Gasteiger partial charge in [-0.2, -0.15) is 0 Å². The Morgan fingerprint density at radius 3 is 2.17 bits per heavy atom. The lowest BCUT2D eigenvalue weighted by atomic mass is 10.7. The highest BCUT2D eigenvalue weighted by Gasteiger charge is 1.86. The highest BCUT2D eigenvalue weighted by Crippen LogP contribution is 1.94. The Labute approximate surface area is 33.3 Å². The van der Waals surface area contributed by atoms with E-state index in [9.17, 15) is 13.2 Å². The zero-order valence-electron chi connectivity index (χ0n) is 2.92. The first-order valence-electron chi connectivity index (χ1n) is 1.32. The standard InChI is InChI=1S/C3H3F3/c4-1-3(6)2-5/h1H,2H2/b3-1-. The van der Waals surface area contributed by atoms with Crippen molar-refractivity contribution in [3.05, 3.63) is 12.2 Å². The van der Waals surface area contributed by atoms with Crippen molar-refractivity contribution in [3.8, 4) is 0 Å². The highest BCUT2D eigenvalue weighted by atomic mass is 19.2. The molecular formula is C3H3F3. The van der Waals surface area contributed by atoms with Gasteiger partial charge in [-0.05, 0) is 0 Å². The first-order chi connectivity index (χ1) is 2.81. The molecule has 0 aromatic carbocycles. The van der Waals surface area contributed by atoms with Crippen LogP contribution in [0.3, 0.4) is 0 Å². The summed E-state index contributed by atoms with van der Waals surface area (Å²) in [6.45, 7) is -1.35. The van der Waals surface area contributed by atoms with Crippen LogP contribution in [0.4, 0.5) is 13.2 Å². The van der Waals surface area contributed by atoms with Crippen LogP contribution in [0, 0.1) is 0 Å². The minimum absolute atomic E-state index is 0.403. The summed E-state index contributed by atoms with van der Waals surface area (Å²) < 4.78 is 32.3. The van der Waals surface area contributed by atoms with E-state index in [1.165, 1.54) is 0 Å². The van der Waals surface area contributed by atoms with Crippen molar-refractivity contribution in [3.63, 3.8) is 0 Å². The molecule has 0 spiro atoms. The van der Waals surface area contributed by atoms with E-state index in [1.807, 2.05) is 0 Å². The van der Waals surface area contributed by atoms with Crippen LogP contribution in [-0.4, -0.2) is 6.67 Å². The number of alkyl halides is 1. The summed E-state index contributed by atoms with van der Waals surface area (Å²) in [7, 11) is 0. The van der Waals surface area contributed by atoms with E-state index in [1.54, 1.807) is 0 Å². The van der Waals surface area contributed by atoms with Crippen LogP contribution in [0.25, 0.3) is 0 Å². The van der Waals surface area contributed by atoms with Gasteiger partial charge in [-0.3, -0.25) is 0 Å². The topological polar surface area (TPSA) is 0 Å². The predicted molar refractivity (Wildman–Crippen MR) is 16.3 cm³/mol. The summed E-state index contributed by atoms with van der Waals surface area (Å²) in [5, 5.41) is 0. The molecule has 0 aromatic heterocycles. The van der Waals surface area contributed by atoms with E-state index in [0.29, 0.717) is 0 Å². The van der Waals surface area contributed by atoms with Crippen molar-refractivity contribution < 1.29 is 13.2 Å². The highest BCUT2D eigenvalue weighted by molar-refractivity contribution is 4.82. The maximum atomic E-state index is 11.0. The van der Waals surface area contributed by atoms with Crippen LogP contribution < -0.4 is 0 Å². The predicted octanol–water partition coefficient (Wildman–Crippen LogP) is 1.74. The maximum absolute atomic E-state index is 11.0. The van der Waals surface area contributed by atoms with Crippen LogP contribution in [0.2, 0.25) is 0 Å². The van der Waals surface area contributed by atoms with E-state index in [4.69, 9.17) is 0 Å². The Balaban J connectivity index is 3.22. The minimum Gasteiger partial charge on any atom is -0.243 e. The van der Waals surface area contributed by atoms with E-state index >= 15 is 0 Å². The largest absolute Gasteiger partial charge is 0.243 e. The van der Waals surface area contributed by atoms with Crippen LogP contribution in [0.1, 0.15) is 0 Å². The Morgan fingerprint density at radius 2 is 2.17 bits per heavy atom.